The molecule has 0 unspecified atom stereocenters. The third-order valence-corrected chi connectivity index (χ3v) is 5.36. The van der Waals surface area contributed by atoms with Crippen LogP contribution in [0.2, 0.25) is 0 Å². The average molecular weight is 370 g/mol. The first-order valence-corrected chi connectivity index (χ1v) is 9.55. The van der Waals surface area contributed by atoms with E-state index < -0.39 is 0 Å². The SMILES string of the molecule is O=C(N[C@@H]1C[C@H]2CO[C@@H](CCO)CN2C1)c1cnn(Cc2ccccc2)c1. The Morgan fingerprint density at radius 2 is 2.15 bits per heavy atom. The summed E-state index contributed by atoms with van der Waals surface area (Å²) >= 11 is 0. The van der Waals surface area contributed by atoms with Gasteiger partial charge < -0.3 is 15.2 Å². The molecule has 0 spiro atoms. The minimum atomic E-state index is -0.0769. The second kappa shape index (κ2) is 8.21. The highest BCUT2D eigenvalue weighted by atomic mass is 16.5. The Kier molecular flexibility index (Phi) is 5.52. The van der Waals surface area contributed by atoms with Crippen molar-refractivity contribution in [1.82, 2.24) is 20.0 Å². The average Bonchev–Trinajstić information content (AvgIpc) is 3.29. The number of nitrogens with zero attached hydrogens (tertiary/aromatic N) is 3. The third-order valence-electron chi connectivity index (χ3n) is 5.36. The van der Waals surface area contributed by atoms with E-state index in [1.807, 2.05) is 30.3 Å². The van der Waals surface area contributed by atoms with Crippen LogP contribution in [0.5, 0.6) is 0 Å². The van der Waals surface area contributed by atoms with E-state index in [0.29, 0.717) is 31.2 Å². The van der Waals surface area contributed by atoms with Gasteiger partial charge in [-0.2, -0.15) is 5.10 Å². The van der Waals surface area contributed by atoms with Crippen LogP contribution in [-0.2, 0) is 11.3 Å². The van der Waals surface area contributed by atoms with Gasteiger partial charge in [0.15, 0.2) is 0 Å². The number of aliphatic hydroxyl groups is 1. The molecule has 2 saturated heterocycles. The number of carbonyl (C=O) groups excluding carboxylic acids is 1. The van der Waals surface area contributed by atoms with Gasteiger partial charge in [0.25, 0.3) is 5.91 Å². The maximum Gasteiger partial charge on any atom is 0.254 e. The summed E-state index contributed by atoms with van der Waals surface area (Å²) in [5.41, 5.74) is 1.74. The van der Waals surface area contributed by atoms with Gasteiger partial charge in [-0.25, -0.2) is 0 Å². The van der Waals surface area contributed by atoms with Gasteiger partial charge in [0.1, 0.15) is 0 Å². The van der Waals surface area contributed by atoms with Gasteiger partial charge in [0, 0.05) is 38.0 Å². The van der Waals surface area contributed by atoms with Crippen molar-refractivity contribution < 1.29 is 14.6 Å². The monoisotopic (exact) mass is 370 g/mol. The third kappa shape index (κ3) is 4.37. The van der Waals surface area contributed by atoms with Crippen molar-refractivity contribution in [3.63, 3.8) is 0 Å². The Morgan fingerprint density at radius 1 is 1.30 bits per heavy atom. The van der Waals surface area contributed by atoms with E-state index in [1.54, 1.807) is 17.1 Å². The van der Waals surface area contributed by atoms with Gasteiger partial charge in [-0.3, -0.25) is 14.4 Å². The van der Waals surface area contributed by atoms with Gasteiger partial charge in [-0.05, 0) is 18.4 Å². The minimum absolute atomic E-state index is 0.0769. The predicted molar refractivity (Wildman–Crippen MR) is 100 cm³/mol. The van der Waals surface area contributed by atoms with E-state index in [-0.39, 0.29) is 24.7 Å². The number of aliphatic hydroxyl groups excluding tert-OH is 1. The molecule has 1 aromatic carbocycles. The number of ether oxygens (including phenoxy) is 1. The Labute approximate surface area is 158 Å². The summed E-state index contributed by atoms with van der Waals surface area (Å²) in [6.45, 7) is 3.13. The molecule has 0 saturated carbocycles. The maximum atomic E-state index is 12.6. The Morgan fingerprint density at radius 3 is 2.96 bits per heavy atom. The topological polar surface area (TPSA) is 79.6 Å². The van der Waals surface area contributed by atoms with Crippen molar-refractivity contribution in [3.05, 3.63) is 53.9 Å². The number of fused-ring (bicyclic) bond motifs is 1. The van der Waals surface area contributed by atoms with Crippen LogP contribution < -0.4 is 5.32 Å². The van der Waals surface area contributed by atoms with Gasteiger partial charge in [0.05, 0.1) is 31.0 Å². The Bertz CT molecular complexity index is 764. The van der Waals surface area contributed by atoms with Crippen molar-refractivity contribution in [3.8, 4) is 0 Å². The highest BCUT2D eigenvalue weighted by molar-refractivity contribution is 5.93. The van der Waals surface area contributed by atoms with Crippen molar-refractivity contribution in [2.75, 3.05) is 26.3 Å². The van der Waals surface area contributed by atoms with Gasteiger partial charge >= 0.3 is 0 Å². The van der Waals surface area contributed by atoms with Crippen LogP contribution >= 0.6 is 0 Å². The molecule has 2 aliphatic rings. The van der Waals surface area contributed by atoms with Crippen molar-refractivity contribution in [2.45, 2.75) is 37.6 Å². The molecular weight excluding hydrogens is 344 g/mol. The molecule has 1 amide bonds. The summed E-state index contributed by atoms with van der Waals surface area (Å²) in [4.78, 5) is 15.0. The second-order valence-corrected chi connectivity index (χ2v) is 7.39. The molecule has 7 heteroatoms. The van der Waals surface area contributed by atoms with Gasteiger partial charge in [-0.1, -0.05) is 30.3 Å². The van der Waals surface area contributed by atoms with E-state index in [4.69, 9.17) is 9.84 Å². The zero-order valence-electron chi connectivity index (χ0n) is 15.3. The molecule has 0 aliphatic carbocycles. The summed E-state index contributed by atoms with van der Waals surface area (Å²) in [5.74, 6) is -0.0769. The summed E-state index contributed by atoms with van der Waals surface area (Å²) in [6.07, 6.45) is 5.08. The summed E-state index contributed by atoms with van der Waals surface area (Å²) in [5, 5.41) is 16.5. The zero-order chi connectivity index (χ0) is 18.6. The van der Waals surface area contributed by atoms with Crippen LogP contribution in [0.3, 0.4) is 0 Å². The number of aromatic nitrogens is 2. The van der Waals surface area contributed by atoms with E-state index in [2.05, 4.69) is 15.3 Å². The van der Waals surface area contributed by atoms with Gasteiger partial charge in [0.2, 0.25) is 0 Å². The Hall–Kier alpha value is -2.22. The highest BCUT2D eigenvalue weighted by Gasteiger charge is 2.37. The summed E-state index contributed by atoms with van der Waals surface area (Å²) in [7, 11) is 0. The number of carbonyl (C=O) groups is 1. The van der Waals surface area contributed by atoms with Crippen molar-refractivity contribution in [2.24, 2.45) is 0 Å². The van der Waals surface area contributed by atoms with E-state index in [1.165, 1.54) is 0 Å². The molecule has 3 atom stereocenters. The van der Waals surface area contributed by atoms with Crippen LogP contribution in [0, 0.1) is 0 Å². The zero-order valence-corrected chi connectivity index (χ0v) is 15.3. The van der Waals surface area contributed by atoms with Crippen LogP contribution in [0.1, 0.15) is 28.8 Å². The lowest BCUT2D eigenvalue weighted by atomic mass is 10.1. The highest BCUT2D eigenvalue weighted by Crippen LogP contribution is 2.24. The molecule has 2 N–H and O–H groups in total. The first kappa shape index (κ1) is 18.2. The first-order chi connectivity index (χ1) is 13.2. The fourth-order valence-corrected chi connectivity index (χ4v) is 3.97. The fourth-order valence-electron chi connectivity index (χ4n) is 3.97. The number of morpholine rings is 1. The van der Waals surface area contributed by atoms with Gasteiger partial charge in [-0.15, -0.1) is 0 Å². The largest absolute Gasteiger partial charge is 0.396 e. The summed E-state index contributed by atoms with van der Waals surface area (Å²) < 4.78 is 7.59. The molecule has 2 aliphatic heterocycles. The Balaban J connectivity index is 1.31. The van der Waals surface area contributed by atoms with Crippen LogP contribution in [0.4, 0.5) is 0 Å². The number of rotatable bonds is 6. The number of hydrogen-bond donors (Lipinski definition) is 2. The van der Waals surface area contributed by atoms with Crippen molar-refractivity contribution >= 4 is 5.91 Å². The minimum Gasteiger partial charge on any atom is -0.396 e. The molecular formula is C20H26N4O3. The number of hydrogen-bond acceptors (Lipinski definition) is 5. The molecule has 0 bridgehead atoms. The molecule has 27 heavy (non-hydrogen) atoms. The van der Waals surface area contributed by atoms with E-state index in [9.17, 15) is 4.79 Å². The normalized spacial score (nSPS) is 25.3. The summed E-state index contributed by atoms with van der Waals surface area (Å²) in [6, 6.07) is 10.5. The first-order valence-electron chi connectivity index (χ1n) is 9.55. The number of nitrogens with one attached hydrogen (secondary N) is 1. The maximum absolute atomic E-state index is 12.6. The number of amides is 1. The van der Waals surface area contributed by atoms with E-state index in [0.717, 1.165) is 25.1 Å². The smallest absolute Gasteiger partial charge is 0.254 e. The predicted octanol–water partition coefficient (Wildman–Crippen LogP) is 0.885. The van der Waals surface area contributed by atoms with Crippen LogP contribution in [0.25, 0.3) is 0 Å². The molecule has 7 nitrogen and oxygen atoms in total. The molecule has 4 rings (SSSR count). The second-order valence-electron chi connectivity index (χ2n) is 7.39. The van der Waals surface area contributed by atoms with Crippen molar-refractivity contribution in [1.29, 1.82) is 0 Å². The molecule has 1 aromatic heterocycles. The molecule has 0 radical (unpaired) electrons. The molecule has 2 fully saturated rings. The molecule has 3 heterocycles. The van der Waals surface area contributed by atoms with Crippen LogP contribution in [-0.4, -0.2) is 70.2 Å². The standard InChI is InChI=1S/C20H26N4O3/c25-7-6-19-13-23-12-17(8-18(23)14-27-19)22-20(26)16-9-21-24(11-16)10-15-4-2-1-3-5-15/h1-5,9,11,17-19,25H,6-8,10,12-14H2,(H,22,26)/t17-,18+,19+/m1/s1. The van der Waals surface area contributed by atoms with Crippen LogP contribution in [0.15, 0.2) is 42.7 Å². The number of benzene rings is 1. The lowest BCUT2D eigenvalue weighted by Gasteiger charge is -2.34. The lowest BCUT2D eigenvalue weighted by molar-refractivity contribution is -0.0566. The fraction of sp³-hybridized carbons (Fsp3) is 0.500. The van der Waals surface area contributed by atoms with E-state index >= 15 is 0 Å². The quantitative estimate of drug-likeness (QED) is 0.789. The molecule has 144 valence electrons. The lowest BCUT2D eigenvalue weighted by Crippen LogP contribution is -2.46. The molecule has 2 aromatic rings.